The number of rotatable bonds is 6. The summed E-state index contributed by atoms with van der Waals surface area (Å²) in [7, 11) is -4.73. The van der Waals surface area contributed by atoms with Gasteiger partial charge in [-0.3, -0.25) is 9.15 Å². The van der Waals surface area contributed by atoms with E-state index in [0.29, 0.717) is 0 Å². The van der Waals surface area contributed by atoms with Crippen LogP contribution >= 0.6 is 0 Å². The van der Waals surface area contributed by atoms with Gasteiger partial charge < -0.3 is 14.3 Å². The second-order valence-electron chi connectivity index (χ2n) is 4.38. The van der Waals surface area contributed by atoms with Crippen LogP contribution in [0.4, 0.5) is 0 Å². The number of hydrogen-bond acceptors (Lipinski definition) is 7. The topological polar surface area (TPSA) is 92.3 Å². The van der Waals surface area contributed by atoms with Crippen molar-refractivity contribution in [1.82, 2.24) is 0 Å². The van der Waals surface area contributed by atoms with Gasteiger partial charge in [0.15, 0.2) is 0 Å². The Bertz CT molecular complexity index is 204. The summed E-state index contributed by atoms with van der Waals surface area (Å²) >= 11 is 0.149. The van der Waals surface area contributed by atoms with Crippen molar-refractivity contribution in [2.45, 2.75) is 48.4 Å². The summed E-state index contributed by atoms with van der Waals surface area (Å²) in [6.07, 6.45) is 5.84. The van der Waals surface area contributed by atoms with E-state index in [2.05, 4.69) is 32.8 Å². The SMILES string of the molecule is CCC[CH2][Sn+2][CH2]CCC.[O-][Si]1([O-])OOCCOCCOO1. The van der Waals surface area contributed by atoms with Gasteiger partial charge in [0.25, 0.3) is 0 Å². The standard InChI is InChI=1S/C4H8O7Si.2C4H9.Sn/c5-12(6)10-8-3-1-7-2-4-9-11-12;2*1-3-4-2;/h1-4H2;2*1,3-4H2,2H3;/q-2;;;+2. The summed E-state index contributed by atoms with van der Waals surface area (Å²) in [4.78, 5) is 29.7. The maximum atomic E-state index is 10.6. The van der Waals surface area contributed by atoms with Crippen LogP contribution in [0.5, 0.6) is 0 Å². The molecule has 0 amide bonds. The van der Waals surface area contributed by atoms with Crippen molar-refractivity contribution in [3.05, 3.63) is 0 Å². The molecule has 9 heteroatoms. The quantitative estimate of drug-likeness (QED) is 0.339. The van der Waals surface area contributed by atoms with Crippen LogP contribution in [0.3, 0.4) is 0 Å². The molecule has 0 bridgehead atoms. The summed E-state index contributed by atoms with van der Waals surface area (Å²) < 4.78 is 15.9. The van der Waals surface area contributed by atoms with Crippen molar-refractivity contribution >= 4 is 30.2 Å². The molecule has 0 aliphatic carbocycles. The van der Waals surface area contributed by atoms with E-state index in [4.69, 9.17) is 4.74 Å². The molecule has 21 heavy (non-hydrogen) atoms. The molecule has 1 saturated heterocycles. The average Bonchev–Trinajstić information content (AvgIpc) is 2.46. The van der Waals surface area contributed by atoms with Crippen molar-refractivity contribution in [2.75, 3.05) is 26.4 Å². The molecule has 0 aromatic rings. The summed E-state index contributed by atoms with van der Waals surface area (Å²) in [5.74, 6) is 0. The summed E-state index contributed by atoms with van der Waals surface area (Å²) in [6, 6.07) is 0. The third-order valence-electron chi connectivity index (χ3n) is 2.36. The minimum atomic E-state index is -4.73. The molecule has 0 spiro atoms. The Morgan fingerprint density at radius 3 is 1.76 bits per heavy atom. The Labute approximate surface area is 138 Å². The first kappa shape index (κ1) is 21.7. The Morgan fingerprint density at radius 2 is 1.33 bits per heavy atom. The zero-order chi connectivity index (χ0) is 15.8. The van der Waals surface area contributed by atoms with Gasteiger partial charge in [-0.15, -0.1) is 0 Å². The molecule has 1 fully saturated rings. The molecule has 0 unspecified atom stereocenters. The molecule has 124 valence electrons. The largest absolute Gasteiger partial charge is 0.824 e. The smallest absolute Gasteiger partial charge is 0.244 e. The third kappa shape index (κ3) is 16.9. The van der Waals surface area contributed by atoms with Gasteiger partial charge >= 0.3 is 69.5 Å². The summed E-state index contributed by atoms with van der Waals surface area (Å²) in [5.41, 5.74) is 0. The number of ether oxygens (including phenoxy) is 1. The van der Waals surface area contributed by atoms with Crippen LogP contribution in [0.15, 0.2) is 0 Å². The van der Waals surface area contributed by atoms with Gasteiger partial charge in [0.05, 0.1) is 13.2 Å². The van der Waals surface area contributed by atoms with Crippen molar-refractivity contribution in [2.24, 2.45) is 0 Å². The van der Waals surface area contributed by atoms with Gasteiger partial charge in [0.1, 0.15) is 13.2 Å². The molecule has 1 aliphatic rings. The van der Waals surface area contributed by atoms with Crippen LogP contribution in [0.1, 0.15) is 39.5 Å². The van der Waals surface area contributed by atoms with Crippen molar-refractivity contribution in [3.63, 3.8) is 0 Å². The molecule has 1 rings (SSSR count). The molecular formula is C12H26O7SiSn. The second kappa shape index (κ2) is 15.6. The predicted octanol–water partition coefficient (Wildman–Crippen LogP) is 0.197. The van der Waals surface area contributed by atoms with Gasteiger partial charge in [-0.1, -0.05) is 0 Å². The van der Waals surface area contributed by atoms with E-state index >= 15 is 0 Å². The van der Waals surface area contributed by atoms with Crippen LogP contribution < -0.4 is 9.59 Å². The fraction of sp³-hybridized carbons (Fsp3) is 1.00. The zero-order valence-corrected chi connectivity index (χ0v) is 16.8. The van der Waals surface area contributed by atoms with Gasteiger partial charge in [0.2, 0.25) is 9.05 Å². The van der Waals surface area contributed by atoms with Crippen LogP contribution in [-0.2, 0) is 23.7 Å². The van der Waals surface area contributed by atoms with E-state index in [9.17, 15) is 9.59 Å². The van der Waals surface area contributed by atoms with Crippen LogP contribution in [0, 0.1) is 0 Å². The first-order valence-electron chi connectivity index (χ1n) is 7.43. The molecule has 0 aromatic heterocycles. The van der Waals surface area contributed by atoms with Crippen molar-refractivity contribution in [1.29, 1.82) is 0 Å². The maximum absolute atomic E-state index is 10.6. The van der Waals surface area contributed by atoms with E-state index in [1.807, 2.05) is 0 Å². The van der Waals surface area contributed by atoms with Crippen molar-refractivity contribution < 1.29 is 33.3 Å². The molecular weight excluding hydrogens is 403 g/mol. The molecule has 0 N–H and O–H groups in total. The van der Waals surface area contributed by atoms with E-state index in [1.54, 1.807) is 8.87 Å². The number of hydrogen-bond donors (Lipinski definition) is 0. The number of unbranched alkanes of at least 4 members (excludes halogenated alkanes) is 2. The van der Waals surface area contributed by atoms with E-state index in [1.165, 1.54) is 25.7 Å². The normalized spacial score (nSPS) is 19.0. The van der Waals surface area contributed by atoms with Gasteiger partial charge in [-0.05, 0) is 0 Å². The fourth-order valence-electron chi connectivity index (χ4n) is 1.26. The molecule has 0 atom stereocenters. The van der Waals surface area contributed by atoms with Crippen molar-refractivity contribution in [3.8, 4) is 0 Å². The van der Waals surface area contributed by atoms with Gasteiger partial charge in [-0.2, -0.15) is 0 Å². The third-order valence-corrected chi connectivity index (χ3v) is 7.04. The predicted molar refractivity (Wildman–Crippen MR) is 75.8 cm³/mol. The minimum Gasteiger partial charge on any atom is -0.824 e. The zero-order valence-electron chi connectivity index (χ0n) is 12.9. The first-order chi connectivity index (χ1) is 10.1. The molecule has 0 aromatic carbocycles. The van der Waals surface area contributed by atoms with Gasteiger partial charge in [-0.25, -0.2) is 9.78 Å². The molecule has 1 aliphatic heterocycles. The monoisotopic (exact) mass is 430 g/mol. The van der Waals surface area contributed by atoms with Crippen LogP contribution in [0.25, 0.3) is 0 Å². The molecule has 1 heterocycles. The first-order valence-corrected chi connectivity index (χ1v) is 13.1. The Hall–Kier alpha value is 0.736. The van der Waals surface area contributed by atoms with E-state index in [-0.39, 0.29) is 47.6 Å². The minimum absolute atomic E-state index is 0.0303. The van der Waals surface area contributed by atoms with Gasteiger partial charge in [0, 0.05) is 0 Å². The van der Waals surface area contributed by atoms with E-state index < -0.39 is 9.05 Å². The van der Waals surface area contributed by atoms with E-state index in [0.717, 1.165) is 0 Å². The molecule has 0 radical (unpaired) electrons. The summed E-state index contributed by atoms with van der Waals surface area (Å²) in [6.45, 7) is 5.13. The Kier molecular flexibility index (Phi) is 16.2. The maximum Gasteiger partial charge on any atom is 0.244 e. The molecule has 7 nitrogen and oxygen atoms in total. The van der Waals surface area contributed by atoms with Crippen LogP contribution in [-0.4, -0.2) is 56.6 Å². The van der Waals surface area contributed by atoms with Crippen LogP contribution in [0.2, 0.25) is 8.87 Å². The Morgan fingerprint density at radius 1 is 0.857 bits per heavy atom. The second-order valence-corrected chi connectivity index (χ2v) is 9.99. The Balaban J connectivity index is 0.000000400. The fourth-order valence-corrected chi connectivity index (χ4v) is 5.90. The molecule has 0 saturated carbocycles. The summed E-state index contributed by atoms with van der Waals surface area (Å²) in [5, 5.41) is 0. The average molecular weight is 429 g/mol.